The quantitative estimate of drug-likeness (QED) is 0.772. The summed E-state index contributed by atoms with van der Waals surface area (Å²) in [5.74, 6) is -0.0974. The van der Waals surface area contributed by atoms with Gasteiger partial charge in [0.05, 0.1) is 12.6 Å². The van der Waals surface area contributed by atoms with Crippen LogP contribution in [0.2, 0.25) is 0 Å². The summed E-state index contributed by atoms with van der Waals surface area (Å²) in [6.45, 7) is -0.0850. The number of aryl methyl sites for hydroxylation is 1. The van der Waals surface area contributed by atoms with Crippen LogP contribution in [0.1, 0.15) is 34.0 Å². The molecule has 2 atom stereocenters. The van der Waals surface area contributed by atoms with Gasteiger partial charge in [-0.1, -0.05) is 48.5 Å². The van der Waals surface area contributed by atoms with E-state index in [-0.39, 0.29) is 24.5 Å². The highest BCUT2D eigenvalue weighted by atomic mass is 16.3. The molecule has 2 N–H and O–H groups in total. The Morgan fingerprint density at radius 1 is 1.16 bits per heavy atom. The van der Waals surface area contributed by atoms with Gasteiger partial charge in [0.15, 0.2) is 0 Å². The van der Waals surface area contributed by atoms with Crippen LogP contribution in [-0.4, -0.2) is 28.6 Å². The van der Waals surface area contributed by atoms with E-state index in [0.29, 0.717) is 5.69 Å². The molecule has 2 unspecified atom stereocenters. The van der Waals surface area contributed by atoms with Gasteiger partial charge in [-0.25, -0.2) is 0 Å². The number of carbonyl (C=O) groups excluding carboxylic acids is 1. The molecule has 0 bridgehead atoms. The predicted molar refractivity (Wildman–Crippen MR) is 97.6 cm³/mol. The summed E-state index contributed by atoms with van der Waals surface area (Å²) in [6, 6.07) is 17.6. The second-order valence-electron chi connectivity index (χ2n) is 6.52. The second-order valence-corrected chi connectivity index (χ2v) is 6.52. The van der Waals surface area contributed by atoms with Crippen LogP contribution in [0.3, 0.4) is 0 Å². The molecular weight excluding hydrogens is 312 g/mol. The van der Waals surface area contributed by atoms with Crippen molar-refractivity contribution in [2.45, 2.75) is 24.8 Å². The monoisotopic (exact) mass is 332 g/mol. The van der Waals surface area contributed by atoms with Gasteiger partial charge in [0.1, 0.15) is 5.69 Å². The van der Waals surface area contributed by atoms with Gasteiger partial charge in [-0.05, 0) is 35.4 Å². The van der Waals surface area contributed by atoms with E-state index in [1.54, 1.807) is 12.3 Å². The maximum absolute atomic E-state index is 12.6. The lowest BCUT2D eigenvalue weighted by atomic mass is 9.93. The number of aliphatic hydroxyl groups excluding tert-OH is 1. The summed E-state index contributed by atoms with van der Waals surface area (Å²) >= 11 is 0. The van der Waals surface area contributed by atoms with Crippen LogP contribution in [-0.2, 0) is 6.42 Å². The first-order chi connectivity index (χ1) is 12.3. The lowest BCUT2D eigenvalue weighted by Crippen LogP contribution is -2.41. The molecular formula is C21H20N2O2. The van der Waals surface area contributed by atoms with E-state index in [4.69, 9.17) is 0 Å². The van der Waals surface area contributed by atoms with Gasteiger partial charge in [-0.2, -0.15) is 0 Å². The van der Waals surface area contributed by atoms with Crippen molar-refractivity contribution >= 4 is 16.7 Å². The third-order valence-corrected chi connectivity index (χ3v) is 5.04. The molecule has 0 fully saturated rings. The minimum Gasteiger partial charge on any atom is -0.394 e. The molecule has 1 aromatic heterocycles. The Balaban J connectivity index is 1.56. The molecule has 0 aliphatic heterocycles. The van der Waals surface area contributed by atoms with E-state index in [1.165, 1.54) is 11.1 Å². The number of hydrogen-bond acceptors (Lipinski definition) is 3. The number of hydrogen-bond donors (Lipinski definition) is 2. The number of rotatable bonds is 4. The number of amides is 1. The van der Waals surface area contributed by atoms with Crippen LogP contribution in [0.15, 0.2) is 60.8 Å². The smallest absolute Gasteiger partial charge is 0.270 e. The highest BCUT2D eigenvalue weighted by Crippen LogP contribution is 2.35. The minimum atomic E-state index is -0.301. The van der Waals surface area contributed by atoms with Gasteiger partial charge >= 0.3 is 0 Å². The van der Waals surface area contributed by atoms with E-state index in [1.807, 2.05) is 36.4 Å². The van der Waals surface area contributed by atoms with Crippen molar-refractivity contribution in [1.82, 2.24) is 10.3 Å². The summed E-state index contributed by atoms with van der Waals surface area (Å²) in [5, 5.41) is 14.8. The van der Waals surface area contributed by atoms with E-state index in [0.717, 1.165) is 23.6 Å². The van der Waals surface area contributed by atoms with Crippen molar-refractivity contribution < 1.29 is 9.90 Å². The number of carbonyl (C=O) groups is 1. The molecule has 126 valence electrons. The summed E-state index contributed by atoms with van der Waals surface area (Å²) in [6.07, 6.45) is 3.64. The fraction of sp³-hybridized carbons (Fsp3) is 0.238. The van der Waals surface area contributed by atoms with Crippen LogP contribution in [0, 0.1) is 0 Å². The minimum absolute atomic E-state index is 0.0850. The first-order valence-corrected chi connectivity index (χ1v) is 8.60. The van der Waals surface area contributed by atoms with Gasteiger partial charge in [-0.15, -0.1) is 0 Å². The lowest BCUT2D eigenvalue weighted by molar-refractivity contribution is 0.0900. The highest BCUT2D eigenvalue weighted by molar-refractivity contribution is 5.96. The van der Waals surface area contributed by atoms with Crippen molar-refractivity contribution in [1.29, 1.82) is 0 Å². The van der Waals surface area contributed by atoms with Crippen molar-refractivity contribution in [3.63, 3.8) is 0 Å². The summed E-state index contributed by atoms with van der Waals surface area (Å²) in [5.41, 5.74) is 2.92. The van der Waals surface area contributed by atoms with Crippen LogP contribution in [0.25, 0.3) is 10.8 Å². The number of aliphatic hydroxyl groups is 1. The molecule has 1 heterocycles. The van der Waals surface area contributed by atoms with Crippen LogP contribution >= 0.6 is 0 Å². The van der Waals surface area contributed by atoms with Gasteiger partial charge < -0.3 is 10.4 Å². The summed E-state index contributed by atoms with van der Waals surface area (Å²) < 4.78 is 0. The van der Waals surface area contributed by atoms with Crippen molar-refractivity contribution in [3.8, 4) is 0 Å². The Kier molecular flexibility index (Phi) is 4.20. The second kappa shape index (κ2) is 6.65. The third-order valence-electron chi connectivity index (χ3n) is 5.04. The molecule has 0 saturated carbocycles. The SMILES string of the molecule is O=C(NC(CO)C1CCc2ccccc21)c1cc2ccccc2cn1. The Bertz CT molecular complexity index is 922. The topological polar surface area (TPSA) is 62.2 Å². The number of pyridine rings is 1. The zero-order valence-corrected chi connectivity index (χ0v) is 13.9. The molecule has 0 radical (unpaired) electrons. The Labute approximate surface area is 146 Å². The van der Waals surface area contributed by atoms with E-state index < -0.39 is 0 Å². The van der Waals surface area contributed by atoms with E-state index >= 15 is 0 Å². The van der Waals surface area contributed by atoms with Gasteiger partial charge in [0.25, 0.3) is 5.91 Å². The molecule has 4 nitrogen and oxygen atoms in total. The van der Waals surface area contributed by atoms with E-state index in [2.05, 4.69) is 22.4 Å². The van der Waals surface area contributed by atoms with Crippen LogP contribution in [0.4, 0.5) is 0 Å². The molecule has 1 aliphatic rings. The Morgan fingerprint density at radius 2 is 1.92 bits per heavy atom. The molecule has 4 rings (SSSR count). The van der Waals surface area contributed by atoms with Crippen molar-refractivity contribution in [2.24, 2.45) is 0 Å². The van der Waals surface area contributed by atoms with Gasteiger partial charge in [0.2, 0.25) is 0 Å². The van der Waals surface area contributed by atoms with Gasteiger partial charge in [0, 0.05) is 17.5 Å². The number of fused-ring (bicyclic) bond motifs is 2. The Morgan fingerprint density at radius 3 is 2.76 bits per heavy atom. The molecule has 3 aromatic rings. The number of nitrogens with zero attached hydrogens (tertiary/aromatic N) is 1. The fourth-order valence-corrected chi connectivity index (χ4v) is 3.73. The molecule has 0 saturated heterocycles. The number of benzene rings is 2. The number of nitrogens with one attached hydrogen (secondary N) is 1. The highest BCUT2D eigenvalue weighted by Gasteiger charge is 2.30. The molecule has 1 amide bonds. The predicted octanol–water partition coefficient (Wildman–Crippen LogP) is 3.06. The maximum atomic E-state index is 12.6. The summed E-state index contributed by atoms with van der Waals surface area (Å²) in [7, 11) is 0. The largest absolute Gasteiger partial charge is 0.394 e. The standard InChI is InChI=1S/C21H20N2O2/c24-13-20(18-10-9-14-5-3-4-8-17(14)18)23-21(25)19-11-15-6-1-2-7-16(15)12-22-19/h1-8,11-12,18,20,24H,9-10,13H2,(H,23,25). The molecule has 4 heteroatoms. The number of aromatic nitrogens is 1. The lowest BCUT2D eigenvalue weighted by Gasteiger charge is -2.23. The average molecular weight is 332 g/mol. The molecule has 0 spiro atoms. The average Bonchev–Trinajstić information content (AvgIpc) is 3.09. The van der Waals surface area contributed by atoms with Gasteiger partial charge in [-0.3, -0.25) is 9.78 Å². The first-order valence-electron chi connectivity index (χ1n) is 8.60. The van der Waals surface area contributed by atoms with Crippen molar-refractivity contribution in [3.05, 3.63) is 77.6 Å². The summed E-state index contributed by atoms with van der Waals surface area (Å²) in [4.78, 5) is 16.9. The van der Waals surface area contributed by atoms with Crippen LogP contribution in [0.5, 0.6) is 0 Å². The zero-order chi connectivity index (χ0) is 17.2. The maximum Gasteiger partial charge on any atom is 0.270 e. The Hall–Kier alpha value is -2.72. The normalized spacial score (nSPS) is 17.2. The molecule has 1 aliphatic carbocycles. The first kappa shape index (κ1) is 15.8. The van der Waals surface area contributed by atoms with E-state index in [9.17, 15) is 9.90 Å². The van der Waals surface area contributed by atoms with Crippen molar-refractivity contribution in [2.75, 3.05) is 6.61 Å². The third kappa shape index (κ3) is 3.01. The fourth-order valence-electron chi connectivity index (χ4n) is 3.73. The van der Waals surface area contributed by atoms with Crippen LogP contribution < -0.4 is 5.32 Å². The zero-order valence-electron chi connectivity index (χ0n) is 13.9. The molecule has 25 heavy (non-hydrogen) atoms. The molecule has 2 aromatic carbocycles.